The van der Waals surface area contributed by atoms with Crippen LogP contribution in [0, 0.1) is 6.92 Å². The molecule has 0 aliphatic carbocycles. The summed E-state index contributed by atoms with van der Waals surface area (Å²) in [6, 6.07) is 4.93. The lowest BCUT2D eigenvalue weighted by Crippen LogP contribution is -2.23. The molecule has 1 heterocycles. The lowest BCUT2D eigenvalue weighted by molar-refractivity contribution is -0.115. The standard InChI is InChI=1S/C15H16Cl2N4OS/c1-4-7-21-10(3)19-20-15(21)23-9(2)14(22)18-13-6-5-11(16)8-12(13)17/h4-6,8-9H,1,7H2,2-3H3,(H,18,22)/t9-/m0/s1. The molecule has 1 amide bonds. The molecule has 0 unspecified atom stereocenters. The van der Waals surface area contributed by atoms with Crippen molar-refractivity contribution in [3.8, 4) is 0 Å². The zero-order chi connectivity index (χ0) is 17.0. The average Bonchev–Trinajstić information content (AvgIpc) is 2.83. The Kier molecular flexibility index (Phi) is 6.10. The number of carbonyl (C=O) groups is 1. The molecule has 23 heavy (non-hydrogen) atoms. The number of rotatable bonds is 6. The number of hydrogen-bond acceptors (Lipinski definition) is 4. The van der Waals surface area contributed by atoms with Gasteiger partial charge in [-0.25, -0.2) is 0 Å². The van der Waals surface area contributed by atoms with Crippen LogP contribution in [0.25, 0.3) is 0 Å². The summed E-state index contributed by atoms with van der Waals surface area (Å²) in [5, 5.41) is 12.1. The highest BCUT2D eigenvalue weighted by molar-refractivity contribution is 8.00. The zero-order valence-corrected chi connectivity index (χ0v) is 15.0. The molecule has 1 atom stereocenters. The maximum absolute atomic E-state index is 12.3. The normalized spacial score (nSPS) is 12.0. The van der Waals surface area contributed by atoms with Crippen LogP contribution in [-0.2, 0) is 11.3 Å². The number of thioether (sulfide) groups is 1. The summed E-state index contributed by atoms with van der Waals surface area (Å²) >= 11 is 13.2. The molecular formula is C15H16Cl2N4OS. The number of hydrogen-bond donors (Lipinski definition) is 1. The van der Waals surface area contributed by atoms with Gasteiger partial charge in [0.25, 0.3) is 0 Å². The molecule has 0 aliphatic heterocycles. The molecule has 0 fully saturated rings. The van der Waals surface area contributed by atoms with Crippen molar-refractivity contribution in [2.75, 3.05) is 5.32 Å². The lowest BCUT2D eigenvalue weighted by atomic mass is 10.3. The predicted octanol–water partition coefficient (Wildman–Crippen LogP) is 4.20. The minimum absolute atomic E-state index is 0.176. The van der Waals surface area contributed by atoms with Crippen LogP contribution >= 0.6 is 35.0 Å². The monoisotopic (exact) mass is 370 g/mol. The van der Waals surface area contributed by atoms with E-state index in [2.05, 4.69) is 22.1 Å². The first kappa shape index (κ1) is 17.8. The van der Waals surface area contributed by atoms with Crippen molar-refractivity contribution < 1.29 is 4.79 Å². The molecule has 2 aromatic rings. The fourth-order valence-electron chi connectivity index (χ4n) is 1.82. The number of allylic oxidation sites excluding steroid dienone is 1. The molecule has 0 saturated carbocycles. The van der Waals surface area contributed by atoms with E-state index in [0.717, 1.165) is 5.82 Å². The molecule has 2 rings (SSSR count). The van der Waals surface area contributed by atoms with E-state index in [1.807, 2.05) is 11.5 Å². The number of nitrogens with one attached hydrogen (secondary N) is 1. The van der Waals surface area contributed by atoms with Crippen LogP contribution in [0.2, 0.25) is 10.0 Å². The van der Waals surface area contributed by atoms with Crippen molar-refractivity contribution in [2.45, 2.75) is 30.8 Å². The van der Waals surface area contributed by atoms with Crippen molar-refractivity contribution in [1.29, 1.82) is 0 Å². The lowest BCUT2D eigenvalue weighted by Gasteiger charge is -2.13. The number of aromatic nitrogens is 3. The SMILES string of the molecule is C=CCn1c(C)nnc1S[C@@H](C)C(=O)Nc1ccc(Cl)cc1Cl. The fourth-order valence-corrected chi connectivity index (χ4v) is 3.18. The number of carbonyl (C=O) groups excluding carboxylic acids is 1. The molecule has 0 bridgehead atoms. The summed E-state index contributed by atoms with van der Waals surface area (Å²) < 4.78 is 1.90. The third kappa shape index (κ3) is 4.50. The van der Waals surface area contributed by atoms with E-state index >= 15 is 0 Å². The van der Waals surface area contributed by atoms with Crippen molar-refractivity contribution in [3.63, 3.8) is 0 Å². The Balaban J connectivity index is 2.07. The Hall–Kier alpha value is -1.50. The number of benzene rings is 1. The first-order valence-corrected chi connectivity index (χ1v) is 8.49. The first-order valence-electron chi connectivity index (χ1n) is 6.85. The van der Waals surface area contributed by atoms with E-state index < -0.39 is 0 Å². The van der Waals surface area contributed by atoms with Crippen LogP contribution < -0.4 is 5.32 Å². The minimum atomic E-state index is -0.367. The van der Waals surface area contributed by atoms with Crippen LogP contribution in [0.4, 0.5) is 5.69 Å². The van der Waals surface area contributed by atoms with E-state index in [1.54, 1.807) is 31.2 Å². The Labute approximate surface area is 149 Å². The summed E-state index contributed by atoms with van der Waals surface area (Å²) in [7, 11) is 0. The van der Waals surface area contributed by atoms with E-state index in [-0.39, 0.29) is 11.2 Å². The van der Waals surface area contributed by atoms with Gasteiger partial charge in [0.1, 0.15) is 5.82 Å². The highest BCUT2D eigenvalue weighted by atomic mass is 35.5. The molecule has 1 aromatic heterocycles. The van der Waals surface area contributed by atoms with Gasteiger partial charge in [-0.15, -0.1) is 16.8 Å². The van der Waals surface area contributed by atoms with Crippen molar-refractivity contribution in [2.24, 2.45) is 0 Å². The second-order valence-electron chi connectivity index (χ2n) is 4.80. The molecular weight excluding hydrogens is 355 g/mol. The maximum atomic E-state index is 12.3. The fraction of sp³-hybridized carbons (Fsp3) is 0.267. The average molecular weight is 371 g/mol. The van der Waals surface area contributed by atoms with E-state index in [4.69, 9.17) is 23.2 Å². The van der Waals surface area contributed by atoms with Crippen LogP contribution in [0.15, 0.2) is 36.0 Å². The quantitative estimate of drug-likeness (QED) is 0.611. The molecule has 1 aromatic carbocycles. The number of nitrogens with zero attached hydrogens (tertiary/aromatic N) is 3. The van der Waals surface area contributed by atoms with Gasteiger partial charge in [-0.2, -0.15) is 0 Å². The summed E-state index contributed by atoms with van der Waals surface area (Å²) in [5.74, 6) is 0.603. The summed E-state index contributed by atoms with van der Waals surface area (Å²) in [6.07, 6.45) is 1.76. The highest BCUT2D eigenvalue weighted by Crippen LogP contribution is 2.27. The van der Waals surface area contributed by atoms with Gasteiger partial charge in [-0.05, 0) is 32.0 Å². The third-order valence-electron chi connectivity index (χ3n) is 3.05. The number of amides is 1. The van der Waals surface area contributed by atoms with Gasteiger partial charge >= 0.3 is 0 Å². The van der Waals surface area contributed by atoms with Gasteiger partial charge < -0.3 is 9.88 Å². The van der Waals surface area contributed by atoms with Crippen molar-refractivity contribution in [1.82, 2.24) is 14.8 Å². The van der Waals surface area contributed by atoms with Crippen LogP contribution in [-0.4, -0.2) is 25.9 Å². The second kappa shape index (κ2) is 7.86. The molecule has 8 heteroatoms. The molecule has 0 radical (unpaired) electrons. The van der Waals surface area contributed by atoms with E-state index in [0.29, 0.717) is 27.4 Å². The second-order valence-corrected chi connectivity index (χ2v) is 6.95. The zero-order valence-electron chi connectivity index (χ0n) is 12.7. The Morgan fingerprint density at radius 2 is 2.22 bits per heavy atom. The maximum Gasteiger partial charge on any atom is 0.237 e. The van der Waals surface area contributed by atoms with E-state index in [1.165, 1.54) is 11.8 Å². The highest BCUT2D eigenvalue weighted by Gasteiger charge is 2.19. The summed E-state index contributed by atoms with van der Waals surface area (Å²) in [4.78, 5) is 12.3. The summed E-state index contributed by atoms with van der Waals surface area (Å²) in [5.41, 5.74) is 0.525. The van der Waals surface area contributed by atoms with Crippen LogP contribution in [0.1, 0.15) is 12.7 Å². The van der Waals surface area contributed by atoms with Crippen LogP contribution in [0.3, 0.4) is 0 Å². The molecule has 0 aliphatic rings. The Morgan fingerprint density at radius 1 is 1.48 bits per heavy atom. The molecule has 1 N–H and O–H groups in total. The Morgan fingerprint density at radius 3 is 2.87 bits per heavy atom. The van der Waals surface area contributed by atoms with Gasteiger partial charge in [0.05, 0.1) is 16.0 Å². The number of anilines is 1. The predicted molar refractivity (Wildman–Crippen MR) is 95.4 cm³/mol. The van der Waals surface area contributed by atoms with Gasteiger partial charge in [0.2, 0.25) is 5.91 Å². The van der Waals surface area contributed by atoms with Gasteiger partial charge in [0.15, 0.2) is 5.16 Å². The smallest absolute Gasteiger partial charge is 0.237 e. The molecule has 0 spiro atoms. The summed E-state index contributed by atoms with van der Waals surface area (Å²) in [6.45, 7) is 7.97. The van der Waals surface area contributed by atoms with Gasteiger partial charge in [0, 0.05) is 11.6 Å². The molecule has 122 valence electrons. The Bertz CT molecular complexity index is 732. The largest absolute Gasteiger partial charge is 0.324 e. The van der Waals surface area contributed by atoms with Gasteiger partial charge in [-0.1, -0.05) is 41.0 Å². The van der Waals surface area contributed by atoms with Gasteiger partial charge in [-0.3, -0.25) is 4.79 Å². The molecule has 0 saturated heterocycles. The minimum Gasteiger partial charge on any atom is -0.324 e. The third-order valence-corrected chi connectivity index (χ3v) is 4.68. The van der Waals surface area contributed by atoms with Crippen LogP contribution in [0.5, 0.6) is 0 Å². The van der Waals surface area contributed by atoms with Crippen molar-refractivity contribution in [3.05, 3.63) is 46.7 Å². The molecule has 5 nitrogen and oxygen atoms in total. The van der Waals surface area contributed by atoms with E-state index in [9.17, 15) is 4.79 Å². The number of halogens is 2. The first-order chi connectivity index (χ1) is 10.9. The van der Waals surface area contributed by atoms with Crippen molar-refractivity contribution >= 4 is 46.6 Å². The topological polar surface area (TPSA) is 59.8 Å². The number of aryl methyl sites for hydroxylation is 1.